The first-order chi connectivity index (χ1) is 8.95. The summed E-state index contributed by atoms with van der Waals surface area (Å²) in [4.78, 5) is 26.1. The van der Waals surface area contributed by atoms with Crippen molar-refractivity contribution in [2.24, 2.45) is 11.7 Å². The van der Waals surface area contributed by atoms with Crippen LogP contribution in [0.2, 0.25) is 0 Å². The molecule has 4 N–H and O–H groups in total. The number of pyridine rings is 1. The lowest BCUT2D eigenvalue weighted by Gasteiger charge is -2.17. The standard InChI is InChI=1S/C13H19N3O3/c1-3-8(2)11(14)12(17)16-7-9-4-5-10(13(18)19)15-6-9/h4-6,8,11H,3,7,14H2,1-2H3,(H,16,17)(H,18,19)/t8-,11-/m0/s1. The third-order valence-corrected chi connectivity index (χ3v) is 3.07. The van der Waals surface area contributed by atoms with Crippen LogP contribution in [0.15, 0.2) is 18.3 Å². The highest BCUT2D eigenvalue weighted by atomic mass is 16.4. The minimum Gasteiger partial charge on any atom is -0.477 e. The summed E-state index contributed by atoms with van der Waals surface area (Å²) in [6.07, 6.45) is 2.27. The molecule has 0 aliphatic rings. The van der Waals surface area contributed by atoms with E-state index in [9.17, 15) is 9.59 Å². The van der Waals surface area contributed by atoms with E-state index in [-0.39, 0.29) is 24.1 Å². The minimum atomic E-state index is -1.07. The largest absolute Gasteiger partial charge is 0.477 e. The summed E-state index contributed by atoms with van der Waals surface area (Å²) in [7, 11) is 0. The van der Waals surface area contributed by atoms with Crippen LogP contribution in [0.25, 0.3) is 0 Å². The second-order valence-corrected chi connectivity index (χ2v) is 4.49. The summed E-state index contributed by atoms with van der Waals surface area (Å²) in [5, 5.41) is 11.4. The molecule has 0 saturated heterocycles. The number of carbonyl (C=O) groups is 2. The van der Waals surface area contributed by atoms with Crippen molar-refractivity contribution in [3.05, 3.63) is 29.6 Å². The lowest BCUT2D eigenvalue weighted by molar-refractivity contribution is -0.123. The molecule has 0 radical (unpaired) electrons. The van der Waals surface area contributed by atoms with Crippen LogP contribution in [0.3, 0.4) is 0 Å². The number of hydrogen-bond acceptors (Lipinski definition) is 4. The number of nitrogens with zero attached hydrogens (tertiary/aromatic N) is 1. The van der Waals surface area contributed by atoms with Crippen LogP contribution in [0, 0.1) is 5.92 Å². The van der Waals surface area contributed by atoms with E-state index in [1.807, 2.05) is 13.8 Å². The molecule has 1 heterocycles. The van der Waals surface area contributed by atoms with E-state index in [0.29, 0.717) is 0 Å². The molecule has 1 amide bonds. The fourth-order valence-corrected chi connectivity index (χ4v) is 1.47. The minimum absolute atomic E-state index is 0.0219. The molecular formula is C13H19N3O3. The number of carboxylic acids is 1. The monoisotopic (exact) mass is 265 g/mol. The highest BCUT2D eigenvalue weighted by Crippen LogP contribution is 2.06. The van der Waals surface area contributed by atoms with E-state index in [1.165, 1.54) is 12.3 Å². The molecule has 0 spiro atoms. The van der Waals surface area contributed by atoms with Crippen molar-refractivity contribution >= 4 is 11.9 Å². The zero-order valence-electron chi connectivity index (χ0n) is 11.1. The Labute approximate surface area is 112 Å². The molecule has 1 rings (SSSR count). The van der Waals surface area contributed by atoms with Crippen molar-refractivity contribution in [1.82, 2.24) is 10.3 Å². The van der Waals surface area contributed by atoms with Gasteiger partial charge in [0.1, 0.15) is 5.69 Å². The van der Waals surface area contributed by atoms with Crippen molar-refractivity contribution < 1.29 is 14.7 Å². The Morgan fingerprint density at radius 1 is 1.47 bits per heavy atom. The zero-order valence-corrected chi connectivity index (χ0v) is 11.1. The third-order valence-electron chi connectivity index (χ3n) is 3.07. The van der Waals surface area contributed by atoms with Crippen molar-refractivity contribution in [1.29, 1.82) is 0 Å². The highest BCUT2D eigenvalue weighted by molar-refractivity contribution is 5.85. The number of amides is 1. The molecule has 0 fully saturated rings. The van der Waals surface area contributed by atoms with Gasteiger partial charge in [-0.1, -0.05) is 26.3 Å². The molecule has 0 bridgehead atoms. The van der Waals surface area contributed by atoms with Crippen molar-refractivity contribution in [2.45, 2.75) is 32.9 Å². The van der Waals surface area contributed by atoms with Gasteiger partial charge in [0.15, 0.2) is 0 Å². The normalized spacial score (nSPS) is 13.6. The number of aromatic carboxylic acids is 1. The average molecular weight is 265 g/mol. The lowest BCUT2D eigenvalue weighted by Crippen LogP contribution is -2.44. The number of carbonyl (C=O) groups excluding carboxylic acids is 1. The Balaban J connectivity index is 2.52. The fourth-order valence-electron chi connectivity index (χ4n) is 1.47. The molecule has 6 nitrogen and oxygen atoms in total. The number of hydrogen-bond donors (Lipinski definition) is 3. The van der Waals surface area contributed by atoms with Crippen molar-refractivity contribution in [2.75, 3.05) is 0 Å². The molecule has 0 saturated carbocycles. The maximum absolute atomic E-state index is 11.7. The fraction of sp³-hybridized carbons (Fsp3) is 0.462. The van der Waals surface area contributed by atoms with Crippen molar-refractivity contribution in [3.8, 4) is 0 Å². The molecule has 0 aromatic carbocycles. The number of aromatic nitrogens is 1. The van der Waals surface area contributed by atoms with Crippen LogP contribution in [-0.2, 0) is 11.3 Å². The van der Waals surface area contributed by atoms with Crippen LogP contribution in [0.1, 0.15) is 36.3 Å². The summed E-state index contributed by atoms with van der Waals surface area (Å²) in [5.74, 6) is -1.17. The summed E-state index contributed by atoms with van der Waals surface area (Å²) in [6.45, 7) is 4.19. The first-order valence-corrected chi connectivity index (χ1v) is 6.17. The third kappa shape index (κ3) is 4.33. The molecule has 1 aromatic rings. The van der Waals surface area contributed by atoms with Crippen LogP contribution < -0.4 is 11.1 Å². The van der Waals surface area contributed by atoms with E-state index in [1.54, 1.807) is 6.07 Å². The Morgan fingerprint density at radius 3 is 2.63 bits per heavy atom. The molecule has 1 aromatic heterocycles. The van der Waals surface area contributed by atoms with E-state index in [0.717, 1.165) is 12.0 Å². The maximum atomic E-state index is 11.7. The SMILES string of the molecule is CC[C@H](C)[C@H](N)C(=O)NCc1ccc(C(=O)O)nc1. The Kier molecular flexibility index (Phi) is 5.44. The predicted octanol–water partition coefficient (Wildman–Crippen LogP) is 0.769. The molecule has 0 aliphatic carbocycles. The van der Waals surface area contributed by atoms with Crippen LogP contribution >= 0.6 is 0 Å². The van der Waals surface area contributed by atoms with E-state index in [2.05, 4.69) is 10.3 Å². The van der Waals surface area contributed by atoms with Gasteiger partial charge in [-0.3, -0.25) is 4.79 Å². The molecule has 0 unspecified atom stereocenters. The summed E-state index contributed by atoms with van der Waals surface area (Å²) < 4.78 is 0. The van der Waals surface area contributed by atoms with E-state index in [4.69, 9.17) is 10.8 Å². The molecule has 2 atom stereocenters. The molecule has 19 heavy (non-hydrogen) atoms. The van der Waals surface area contributed by atoms with E-state index >= 15 is 0 Å². The Bertz CT molecular complexity index is 445. The second-order valence-electron chi connectivity index (χ2n) is 4.49. The topological polar surface area (TPSA) is 105 Å². The van der Waals surface area contributed by atoms with E-state index < -0.39 is 12.0 Å². The van der Waals surface area contributed by atoms with Crippen molar-refractivity contribution in [3.63, 3.8) is 0 Å². The average Bonchev–Trinajstić information content (AvgIpc) is 2.43. The molecule has 0 aliphatic heterocycles. The smallest absolute Gasteiger partial charge is 0.354 e. The number of carboxylic acid groups (broad SMARTS) is 1. The molecular weight excluding hydrogens is 246 g/mol. The van der Waals surface area contributed by atoms with Gasteiger partial charge in [0.25, 0.3) is 0 Å². The van der Waals surface area contributed by atoms with Crippen LogP contribution in [-0.4, -0.2) is 28.0 Å². The van der Waals surface area contributed by atoms with Gasteiger partial charge in [-0.05, 0) is 17.5 Å². The van der Waals surface area contributed by atoms with Gasteiger partial charge in [-0.2, -0.15) is 0 Å². The molecule has 6 heteroatoms. The quantitative estimate of drug-likeness (QED) is 0.704. The number of rotatable bonds is 6. The number of nitrogens with two attached hydrogens (primary N) is 1. The summed E-state index contributed by atoms with van der Waals surface area (Å²) in [6, 6.07) is 2.49. The summed E-state index contributed by atoms with van der Waals surface area (Å²) in [5.41, 5.74) is 6.50. The first-order valence-electron chi connectivity index (χ1n) is 6.17. The number of nitrogens with one attached hydrogen (secondary N) is 1. The van der Waals surface area contributed by atoms with Gasteiger partial charge < -0.3 is 16.2 Å². The first kappa shape index (κ1) is 15.1. The Hall–Kier alpha value is -1.95. The Morgan fingerprint density at radius 2 is 2.16 bits per heavy atom. The van der Waals surface area contributed by atoms with Gasteiger partial charge in [0.05, 0.1) is 6.04 Å². The van der Waals surface area contributed by atoms with Gasteiger partial charge in [-0.25, -0.2) is 9.78 Å². The zero-order chi connectivity index (χ0) is 14.4. The summed E-state index contributed by atoms with van der Waals surface area (Å²) >= 11 is 0. The highest BCUT2D eigenvalue weighted by Gasteiger charge is 2.18. The van der Waals surface area contributed by atoms with Gasteiger partial charge in [0, 0.05) is 12.7 Å². The van der Waals surface area contributed by atoms with Gasteiger partial charge in [0.2, 0.25) is 5.91 Å². The molecule has 104 valence electrons. The second kappa shape index (κ2) is 6.84. The van der Waals surface area contributed by atoms with Gasteiger partial charge >= 0.3 is 5.97 Å². The predicted molar refractivity (Wildman–Crippen MR) is 70.5 cm³/mol. The van der Waals surface area contributed by atoms with Crippen LogP contribution in [0.5, 0.6) is 0 Å². The maximum Gasteiger partial charge on any atom is 0.354 e. The lowest BCUT2D eigenvalue weighted by atomic mass is 9.99. The van der Waals surface area contributed by atoms with Gasteiger partial charge in [-0.15, -0.1) is 0 Å². The van der Waals surface area contributed by atoms with Crippen LogP contribution in [0.4, 0.5) is 0 Å².